The van der Waals surface area contributed by atoms with E-state index in [1.165, 1.54) is 0 Å². The Morgan fingerprint density at radius 3 is 1.03 bits per heavy atom. The van der Waals surface area contributed by atoms with Crippen LogP contribution in [0.2, 0.25) is 0 Å². The Hall–Kier alpha value is -4.10. The van der Waals surface area contributed by atoms with Crippen molar-refractivity contribution in [3.05, 3.63) is 127 Å². The number of hydrogen-bond donors (Lipinski definition) is 1. The summed E-state index contributed by atoms with van der Waals surface area (Å²) in [6, 6.07) is 43.3. The minimum Gasteiger partial charge on any atom is -0.508 e. The number of benzene rings is 5. The molecule has 0 unspecified atom stereocenters. The van der Waals surface area contributed by atoms with Crippen LogP contribution < -0.4 is 0 Å². The van der Waals surface area contributed by atoms with E-state index in [1.54, 1.807) is 0 Å². The molecule has 1 nitrogen and oxygen atoms in total. The molecule has 0 saturated carbocycles. The molecule has 31 heavy (non-hydrogen) atoms. The molecule has 1 heteroatoms. The van der Waals surface area contributed by atoms with Crippen molar-refractivity contribution in [1.29, 1.82) is 0 Å². The number of hydrogen-bond acceptors (Lipinski definition) is 1. The molecule has 0 aromatic heterocycles. The standard InChI is InChI=1S/C30H22O/c31-26-20-24(29-17-9-7-15-27(29)22-11-3-1-4-12-22)19-25(21-26)30-18-10-8-16-28(30)23-13-5-2-6-14-23/h1-21,31H. The third-order valence-electron chi connectivity index (χ3n) is 5.56. The average Bonchev–Trinajstić information content (AvgIpc) is 2.85. The Morgan fingerprint density at radius 2 is 0.645 bits per heavy atom. The zero-order chi connectivity index (χ0) is 21.0. The van der Waals surface area contributed by atoms with Gasteiger partial charge in [0, 0.05) is 0 Å². The Labute approximate surface area is 182 Å². The molecule has 0 amide bonds. The van der Waals surface area contributed by atoms with E-state index in [2.05, 4.69) is 91.0 Å². The maximum atomic E-state index is 10.6. The monoisotopic (exact) mass is 398 g/mol. The van der Waals surface area contributed by atoms with Crippen LogP contribution in [0.1, 0.15) is 0 Å². The quantitative estimate of drug-likeness (QED) is 0.324. The molecule has 0 fully saturated rings. The lowest BCUT2D eigenvalue weighted by Gasteiger charge is -2.14. The van der Waals surface area contributed by atoms with E-state index in [-0.39, 0.29) is 5.75 Å². The summed E-state index contributed by atoms with van der Waals surface area (Å²) in [7, 11) is 0. The van der Waals surface area contributed by atoms with E-state index in [0.717, 1.165) is 44.5 Å². The summed E-state index contributed by atoms with van der Waals surface area (Å²) in [6.07, 6.45) is 0. The zero-order valence-electron chi connectivity index (χ0n) is 17.1. The SMILES string of the molecule is Oc1cc(-c2ccccc2-c2ccccc2)cc(-c2ccccc2-c2ccccc2)c1. The summed E-state index contributed by atoms with van der Waals surface area (Å²) in [4.78, 5) is 0. The minimum absolute atomic E-state index is 0.262. The van der Waals surface area contributed by atoms with Crippen molar-refractivity contribution in [3.63, 3.8) is 0 Å². The first kappa shape index (κ1) is 18.9. The Bertz CT molecular complexity index is 1220. The van der Waals surface area contributed by atoms with Crippen molar-refractivity contribution in [3.8, 4) is 50.3 Å². The molecule has 0 radical (unpaired) electrons. The van der Waals surface area contributed by atoms with E-state index < -0.39 is 0 Å². The lowest BCUT2D eigenvalue weighted by Crippen LogP contribution is -1.88. The molecule has 5 rings (SSSR count). The van der Waals surface area contributed by atoms with Gasteiger partial charge in [0.15, 0.2) is 0 Å². The van der Waals surface area contributed by atoms with Crippen molar-refractivity contribution in [1.82, 2.24) is 0 Å². The molecule has 0 atom stereocenters. The van der Waals surface area contributed by atoms with Gasteiger partial charge >= 0.3 is 0 Å². The van der Waals surface area contributed by atoms with Crippen LogP contribution in [0.3, 0.4) is 0 Å². The second-order valence-electron chi connectivity index (χ2n) is 7.59. The van der Waals surface area contributed by atoms with Crippen molar-refractivity contribution in [2.24, 2.45) is 0 Å². The van der Waals surface area contributed by atoms with Crippen LogP contribution in [0.15, 0.2) is 127 Å². The van der Waals surface area contributed by atoms with Crippen molar-refractivity contribution in [2.45, 2.75) is 0 Å². The highest BCUT2D eigenvalue weighted by atomic mass is 16.3. The van der Waals surface area contributed by atoms with Gasteiger partial charge in [-0.3, -0.25) is 0 Å². The van der Waals surface area contributed by atoms with E-state index in [9.17, 15) is 5.11 Å². The van der Waals surface area contributed by atoms with Gasteiger partial charge in [-0.25, -0.2) is 0 Å². The van der Waals surface area contributed by atoms with Gasteiger partial charge in [-0.1, -0.05) is 109 Å². The molecule has 0 saturated heterocycles. The van der Waals surface area contributed by atoms with E-state index in [1.807, 2.05) is 36.4 Å². The van der Waals surface area contributed by atoms with Gasteiger partial charge in [0.2, 0.25) is 0 Å². The average molecular weight is 399 g/mol. The largest absolute Gasteiger partial charge is 0.508 e. The fraction of sp³-hybridized carbons (Fsp3) is 0. The van der Waals surface area contributed by atoms with Crippen molar-refractivity contribution >= 4 is 0 Å². The van der Waals surface area contributed by atoms with Crippen LogP contribution >= 0.6 is 0 Å². The fourth-order valence-electron chi connectivity index (χ4n) is 4.13. The van der Waals surface area contributed by atoms with Crippen LogP contribution in [-0.2, 0) is 0 Å². The van der Waals surface area contributed by atoms with Crippen molar-refractivity contribution < 1.29 is 5.11 Å². The molecule has 1 N–H and O–H groups in total. The topological polar surface area (TPSA) is 20.2 Å². The van der Waals surface area contributed by atoms with Crippen molar-refractivity contribution in [2.75, 3.05) is 0 Å². The Kier molecular flexibility index (Phi) is 5.08. The molecule has 0 spiro atoms. The van der Waals surface area contributed by atoms with E-state index >= 15 is 0 Å². The van der Waals surface area contributed by atoms with Gasteiger partial charge in [0.1, 0.15) is 5.75 Å². The van der Waals surface area contributed by atoms with E-state index in [0.29, 0.717) is 0 Å². The lowest BCUT2D eigenvalue weighted by molar-refractivity contribution is 0.476. The molecule has 5 aromatic rings. The van der Waals surface area contributed by atoms with Gasteiger partial charge in [0.05, 0.1) is 0 Å². The molecule has 148 valence electrons. The first-order valence-corrected chi connectivity index (χ1v) is 10.4. The number of aromatic hydroxyl groups is 1. The highest BCUT2D eigenvalue weighted by Crippen LogP contribution is 2.39. The number of rotatable bonds is 4. The molecule has 0 aliphatic rings. The van der Waals surface area contributed by atoms with Crippen LogP contribution in [0, 0.1) is 0 Å². The minimum atomic E-state index is 0.262. The molecule has 0 aliphatic heterocycles. The third-order valence-corrected chi connectivity index (χ3v) is 5.56. The van der Waals surface area contributed by atoms with Gasteiger partial charge in [0.25, 0.3) is 0 Å². The Morgan fingerprint density at radius 1 is 0.323 bits per heavy atom. The normalized spacial score (nSPS) is 10.7. The number of phenols is 1. The maximum Gasteiger partial charge on any atom is 0.116 e. The zero-order valence-corrected chi connectivity index (χ0v) is 17.1. The van der Waals surface area contributed by atoms with Crippen LogP contribution in [0.5, 0.6) is 5.75 Å². The Balaban J connectivity index is 1.68. The summed E-state index contributed by atoms with van der Waals surface area (Å²) in [5.74, 6) is 0.262. The smallest absolute Gasteiger partial charge is 0.116 e. The number of phenolic OH excluding ortho intramolecular Hbond substituents is 1. The third kappa shape index (κ3) is 3.86. The van der Waals surface area contributed by atoms with Crippen LogP contribution in [0.25, 0.3) is 44.5 Å². The summed E-state index contributed by atoms with van der Waals surface area (Å²) in [5.41, 5.74) is 8.81. The molecule has 0 aliphatic carbocycles. The van der Waals surface area contributed by atoms with Gasteiger partial charge < -0.3 is 5.11 Å². The predicted molar refractivity (Wildman–Crippen MR) is 130 cm³/mol. The van der Waals surface area contributed by atoms with Gasteiger partial charge in [-0.2, -0.15) is 0 Å². The molecular weight excluding hydrogens is 376 g/mol. The van der Waals surface area contributed by atoms with Gasteiger partial charge in [-0.15, -0.1) is 0 Å². The highest BCUT2D eigenvalue weighted by molar-refractivity contribution is 5.89. The van der Waals surface area contributed by atoms with Gasteiger partial charge in [-0.05, 0) is 62.7 Å². The summed E-state index contributed by atoms with van der Waals surface area (Å²) < 4.78 is 0. The molecular formula is C30H22O. The lowest BCUT2D eigenvalue weighted by atomic mass is 9.90. The fourth-order valence-corrected chi connectivity index (χ4v) is 4.13. The summed E-state index contributed by atoms with van der Waals surface area (Å²) >= 11 is 0. The first-order valence-electron chi connectivity index (χ1n) is 10.4. The summed E-state index contributed by atoms with van der Waals surface area (Å²) in [5, 5.41) is 10.6. The first-order chi connectivity index (χ1) is 15.3. The maximum absolute atomic E-state index is 10.6. The predicted octanol–water partition coefficient (Wildman–Crippen LogP) is 8.06. The second-order valence-corrected chi connectivity index (χ2v) is 7.59. The molecule has 0 heterocycles. The second kappa shape index (κ2) is 8.33. The van der Waals surface area contributed by atoms with Crippen LogP contribution in [0.4, 0.5) is 0 Å². The highest BCUT2D eigenvalue weighted by Gasteiger charge is 2.12. The van der Waals surface area contributed by atoms with E-state index in [4.69, 9.17) is 0 Å². The molecule has 5 aromatic carbocycles. The van der Waals surface area contributed by atoms with Crippen LogP contribution in [-0.4, -0.2) is 5.11 Å². The molecule has 0 bridgehead atoms. The summed E-state index contributed by atoms with van der Waals surface area (Å²) in [6.45, 7) is 0.